The lowest BCUT2D eigenvalue weighted by atomic mass is 10.0. The molecule has 0 radical (unpaired) electrons. The fourth-order valence-corrected chi connectivity index (χ4v) is 2.95. The quantitative estimate of drug-likeness (QED) is 0.829. The van der Waals surface area contributed by atoms with E-state index in [9.17, 15) is 13.2 Å². The summed E-state index contributed by atoms with van der Waals surface area (Å²) in [7, 11) is -2.96. The van der Waals surface area contributed by atoms with Gasteiger partial charge in [-0.15, -0.1) is 0 Å². The molecule has 1 rings (SSSR count). The second-order valence-electron chi connectivity index (χ2n) is 6.70. The lowest BCUT2D eigenvalue weighted by molar-refractivity contribution is 0.0497. The van der Waals surface area contributed by atoms with E-state index in [1.54, 1.807) is 0 Å². The Hall–Kier alpha value is -0.820. The van der Waals surface area contributed by atoms with Gasteiger partial charge >= 0.3 is 6.09 Å². The fourth-order valence-electron chi connectivity index (χ4n) is 2.38. The first-order chi connectivity index (χ1) is 9.57. The number of carbonyl (C=O) groups excluding carboxylic acids is 1. The summed E-state index contributed by atoms with van der Waals surface area (Å²) in [6.45, 7) is 7.39. The summed E-state index contributed by atoms with van der Waals surface area (Å²) in [5.41, 5.74) is -0.507. The highest BCUT2D eigenvalue weighted by molar-refractivity contribution is 7.90. The summed E-state index contributed by atoms with van der Waals surface area (Å²) in [4.78, 5) is 13.8. The molecule has 0 aromatic carbocycles. The highest BCUT2D eigenvalue weighted by Crippen LogP contribution is 2.16. The Kier molecular flexibility index (Phi) is 6.46. The molecule has 0 aromatic heterocycles. The molecule has 0 spiro atoms. The number of alkyl carbamates (subject to hydrolysis) is 1. The standard InChI is InChI=1S/C14H28N2O4S/c1-14(2,3)20-13(17)15-11-12-7-5-6-8-16(12)9-10-21(4,18)19/h12H,5-11H2,1-4H3,(H,15,17). The molecular weight excluding hydrogens is 292 g/mol. The van der Waals surface area contributed by atoms with Crippen LogP contribution in [0.3, 0.4) is 0 Å². The van der Waals surface area contributed by atoms with Crippen LogP contribution < -0.4 is 5.32 Å². The number of hydrogen-bond acceptors (Lipinski definition) is 5. The minimum Gasteiger partial charge on any atom is -0.444 e. The average molecular weight is 320 g/mol. The predicted molar refractivity (Wildman–Crippen MR) is 83.2 cm³/mol. The lowest BCUT2D eigenvalue weighted by Gasteiger charge is -2.35. The van der Waals surface area contributed by atoms with Gasteiger partial charge in [0.15, 0.2) is 0 Å². The van der Waals surface area contributed by atoms with E-state index in [0.29, 0.717) is 13.1 Å². The Labute approximate surface area is 128 Å². The van der Waals surface area contributed by atoms with E-state index in [1.807, 2.05) is 20.8 Å². The van der Waals surface area contributed by atoms with Gasteiger partial charge in [-0.05, 0) is 40.2 Å². The molecule has 0 bridgehead atoms. The molecule has 21 heavy (non-hydrogen) atoms. The van der Waals surface area contributed by atoms with Crippen molar-refractivity contribution in [2.24, 2.45) is 0 Å². The fraction of sp³-hybridized carbons (Fsp3) is 0.929. The maximum atomic E-state index is 11.7. The molecule has 7 heteroatoms. The predicted octanol–water partition coefficient (Wildman–Crippen LogP) is 1.41. The number of carbonyl (C=O) groups is 1. The Morgan fingerprint density at radius 3 is 2.57 bits per heavy atom. The lowest BCUT2D eigenvalue weighted by Crippen LogP contribution is -2.48. The van der Waals surface area contributed by atoms with Gasteiger partial charge < -0.3 is 10.1 Å². The van der Waals surface area contributed by atoms with Gasteiger partial charge in [-0.2, -0.15) is 0 Å². The second-order valence-corrected chi connectivity index (χ2v) is 8.96. The van der Waals surface area contributed by atoms with Crippen molar-refractivity contribution in [3.05, 3.63) is 0 Å². The zero-order valence-electron chi connectivity index (χ0n) is 13.5. The minimum absolute atomic E-state index is 0.163. The van der Waals surface area contributed by atoms with E-state index in [-0.39, 0.29) is 11.8 Å². The van der Waals surface area contributed by atoms with Crippen molar-refractivity contribution in [1.29, 1.82) is 0 Å². The first kappa shape index (κ1) is 18.2. The smallest absolute Gasteiger partial charge is 0.407 e. The molecule has 1 N–H and O–H groups in total. The number of nitrogens with one attached hydrogen (secondary N) is 1. The number of rotatable bonds is 5. The number of piperidine rings is 1. The summed E-state index contributed by atoms with van der Waals surface area (Å²) < 4.78 is 27.8. The molecule has 1 unspecified atom stereocenters. The summed E-state index contributed by atoms with van der Waals surface area (Å²) in [6.07, 6.45) is 3.99. The van der Waals surface area contributed by atoms with Crippen LogP contribution in [0.2, 0.25) is 0 Å². The molecule has 0 aromatic rings. The van der Waals surface area contributed by atoms with Crippen LogP contribution in [0.5, 0.6) is 0 Å². The van der Waals surface area contributed by atoms with Gasteiger partial charge in [-0.1, -0.05) is 6.42 Å². The molecule has 6 nitrogen and oxygen atoms in total. The Bertz CT molecular complexity index is 442. The molecule has 124 valence electrons. The van der Waals surface area contributed by atoms with Crippen molar-refractivity contribution in [2.75, 3.05) is 31.6 Å². The average Bonchev–Trinajstić information content (AvgIpc) is 2.32. The zero-order valence-corrected chi connectivity index (χ0v) is 14.3. The van der Waals surface area contributed by atoms with E-state index < -0.39 is 21.5 Å². The number of ether oxygens (including phenoxy) is 1. The Balaban J connectivity index is 2.44. The maximum absolute atomic E-state index is 11.7. The van der Waals surface area contributed by atoms with Crippen LogP contribution in [-0.2, 0) is 14.6 Å². The molecule has 1 aliphatic heterocycles. The van der Waals surface area contributed by atoms with E-state index in [0.717, 1.165) is 25.8 Å². The summed E-state index contributed by atoms with van der Waals surface area (Å²) in [6, 6.07) is 0.188. The van der Waals surface area contributed by atoms with Gasteiger partial charge in [0.1, 0.15) is 15.4 Å². The van der Waals surface area contributed by atoms with Crippen LogP contribution in [-0.4, -0.2) is 62.7 Å². The number of amides is 1. The largest absolute Gasteiger partial charge is 0.444 e. The van der Waals surface area contributed by atoms with Gasteiger partial charge in [-0.3, -0.25) is 4.90 Å². The van der Waals surface area contributed by atoms with Crippen molar-refractivity contribution in [2.45, 2.75) is 51.7 Å². The first-order valence-electron chi connectivity index (χ1n) is 7.45. The Morgan fingerprint density at radius 1 is 1.33 bits per heavy atom. The van der Waals surface area contributed by atoms with Crippen LogP contribution in [0.4, 0.5) is 4.79 Å². The summed E-state index contributed by atoms with van der Waals surface area (Å²) >= 11 is 0. The molecule has 1 heterocycles. The van der Waals surface area contributed by atoms with Crippen LogP contribution >= 0.6 is 0 Å². The van der Waals surface area contributed by atoms with E-state index >= 15 is 0 Å². The molecule has 0 saturated carbocycles. The van der Waals surface area contributed by atoms with E-state index in [1.165, 1.54) is 6.26 Å². The molecular formula is C14H28N2O4S. The number of likely N-dealkylation sites (tertiary alicyclic amines) is 1. The number of hydrogen-bond donors (Lipinski definition) is 1. The second kappa shape index (κ2) is 7.45. The zero-order chi connectivity index (χ0) is 16.1. The van der Waals surface area contributed by atoms with E-state index in [2.05, 4.69) is 10.2 Å². The third-order valence-electron chi connectivity index (χ3n) is 3.38. The monoisotopic (exact) mass is 320 g/mol. The summed E-state index contributed by atoms with van der Waals surface area (Å²) in [5, 5.41) is 2.78. The van der Waals surface area contributed by atoms with Crippen LogP contribution in [0.25, 0.3) is 0 Å². The van der Waals surface area contributed by atoms with Crippen molar-refractivity contribution in [1.82, 2.24) is 10.2 Å². The van der Waals surface area contributed by atoms with Crippen LogP contribution in [0.15, 0.2) is 0 Å². The molecule has 1 fully saturated rings. The van der Waals surface area contributed by atoms with Crippen LogP contribution in [0, 0.1) is 0 Å². The van der Waals surface area contributed by atoms with Crippen LogP contribution in [0.1, 0.15) is 40.0 Å². The van der Waals surface area contributed by atoms with Crippen molar-refractivity contribution < 1.29 is 17.9 Å². The molecule has 1 aliphatic rings. The van der Waals surface area contributed by atoms with Gasteiger partial charge in [0.05, 0.1) is 5.75 Å². The third-order valence-corrected chi connectivity index (χ3v) is 4.30. The van der Waals surface area contributed by atoms with Gasteiger partial charge in [-0.25, -0.2) is 13.2 Å². The molecule has 0 aliphatic carbocycles. The highest BCUT2D eigenvalue weighted by atomic mass is 32.2. The van der Waals surface area contributed by atoms with Crippen molar-refractivity contribution in [3.8, 4) is 0 Å². The first-order valence-corrected chi connectivity index (χ1v) is 9.51. The molecule has 1 atom stereocenters. The third kappa shape index (κ3) is 8.26. The highest BCUT2D eigenvalue weighted by Gasteiger charge is 2.24. The van der Waals surface area contributed by atoms with E-state index in [4.69, 9.17) is 4.74 Å². The molecule has 1 saturated heterocycles. The molecule has 1 amide bonds. The SMILES string of the molecule is CC(C)(C)OC(=O)NCC1CCCCN1CCS(C)(=O)=O. The number of nitrogens with zero attached hydrogens (tertiary/aromatic N) is 1. The minimum atomic E-state index is -2.96. The number of sulfone groups is 1. The van der Waals surface area contributed by atoms with Crippen molar-refractivity contribution >= 4 is 15.9 Å². The van der Waals surface area contributed by atoms with Gasteiger partial charge in [0.25, 0.3) is 0 Å². The topological polar surface area (TPSA) is 75.7 Å². The van der Waals surface area contributed by atoms with Crippen molar-refractivity contribution in [3.63, 3.8) is 0 Å². The maximum Gasteiger partial charge on any atom is 0.407 e. The van der Waals surface area contributed by atoms with Gasteiger partial charge in [0.2, 0.25) is 0 Å². The van der Waals surface area contributed by atoms with Gasteiger partial charge in [0, 0.05) is 25.4 Å². The Morgan fingerprint density at radius 2 is 2.00 bits per heavy atom. The normalized spacial score (nSPS) is 21.0. The summed E-state index contributed by atoms with van der Waals surface area (Å²) in [5.74, 6) is 0.163.